The second kappa shape index (κ2) is 9.62. The van der Waals surface area contributed by atoms with Gasteiger partial charge in [-0.3, -0.25) is 4.57 Å². The molecular formula is C44H24N4OS. The van der Waals surface area contributed by atoms with Crippen LogP contribution in [0.2, 0.25) is 0 Å². The predicted molar refractivity (Wildman–Crippen MR) is 205 cm³/mol. The Bertz CT molecular complexity index is 3240. The van der Waals surface area contributed by atoms with Gasteiger partial charge in [-0.15, -0.1) is 0 Å². The van der Waals surface area contributed by atoms with Crippen molar-refractivity contribution in [3.8, 4) is 22.9 Å². The minimum Gasteiger partial charge on any atom is -0.455 e. The number of hydrogen-bond acceptors (Lipinski definition) is 4. The normalized spacial score (nSPS) is 12.7. The molecule has 0 atom stereocenters. The topological polar surface area (TPSA) is 48.8 Å². The Morgan fingerprint density at radius 2 is 1.26 bits per heavy atom. The van der Waals surface area contributed by atoms with Crippen molar-refractivity contribution >= 4 is 88.2 Å². The van der Waals surface area contributed by atoms with E-state index >= 15 is 0 Å². The standard InChI is InChI=1S/C44H24N4OS/c1-2-11-25(12-3-1)47-34-22-21-28-27-14-5-8-18-37(27)49-43(28)40(34)31-23-30-26-13-4-7-17-33(26)48(35(30)24-36(31)47)44-45-32-16-10-20-39-41(32)42(46-44)29-15-6-9-19-38(29)50-39/h1-24H. The number of benzene rings is 7. The van der Waals surface area contributed by atoms with E-state index in [0.29, 0.717) is 5.95 Å². The third kappa shape index (κ3) is 3.43. The molecule has 12 rings (SSSR count). The molecule has 11 aromatic rings. The Kier molecular flexibility index (Phi) is 5.11. The molecule has 0 radical (unpaired) electrons. The van der Waals surface area contributed by atoms with Crippen LogP contribution in [0.15, 0.2) is 160 Å². The summed E-state index contributed by atoms with van der Waals surface area (Å²) < 4.78 is 11.3. The third-order valence-electron chi connectivity index (χ3n) is 10.3. The van der Waals surface area contributed by atoms with Gasteiger partial charge in [0, 0.05) is 53.4 Å². The molecule has 0 saturated heterocycles. The van der Waals surface area contributed by atoms with Crippen LogP contribution < -0.4 is 0 Å². The lowest BCUT2D eigenvalue weighted by molar-refractivity contribution is 0.673. The Labute approximate surface area is 289 Å². The molecule has 0 unspecified atom stereocenters. The van der Waals surface area contributed by atoms with Crippen LogP contribution in [0.4, 0.5) is 0 Å². The smallest absolute Gasteiger partial charge is 0.235 e. The van der Waals surface area contributed by atoms with Crippen LogP contribution in [0.25, 0.3) is 99.3 Å². The molecule has 50 heavy (non-hydrogen) atoms. The number of rotatable bonds is 2. The molecule has 1 aliphatic rings. The number of hydrogen-bond donors (Lipinski definition) is 0. The van der Waals surface area contributed by atoms with Crippen LogP contribution in [0.5, 0.6) is 0 Å². The molecule has 1 aliphatic heterocycles. The van der Waals surface area contributed by atoms with Crippen molar-refractivity contribution in [2.24, 2.45) is 0 Å². The summed E-state index contributed by atoms with van der Waals surface area (Å²) >= 11 is 1.79. The fourth-order valence-electron chi connectivity index (χ4n) is 8.20. The second-order valence-corrected chi connectivity index (χ2v) is 14.0. The van der Waals surface area contributed by atoms with Gasteiger partial charge in [0.15, 0.2) is 0 Å². The Morgan fingerprint density at radius 3 is 2.20 bits per heavy atom. The van der Waals surface area contributed by atoms with Crippen LogP contribution in [0, 0.1) is 0 Å². The maximum Gasteiger partial charge on any atom is 0.235 e. The summed E-state index contributed by atoms with van der Waals surface area (Å²) in [6, 6.07) is 51.6. The largest absolute Gasteiger partial charge is 0.455 e. The lowest BCUT2D eigenvalue weighted by atomic mass is 10.1. The summed E-state index contributed by atoms with van der Waals surface area (Å²) in [5, 5.41) is 7.93. The van der Waals surface area contributed by atoms with Crippen LogP contribution in [0.3, 0.4) is 0 Å². The maximum atomic E-state index is 6.67. The van der Waals surface area contributed by atoms with Crippen LogP contribution in [-0.4, -0.2) is 19.1 Å². The van der Waals surface area contributed by atoms with Gasteiger partial charge in [-0.1, -0.05) is 90.6 Å². The molecule has 0 N–H and O–H groups in total. The van der Waals surface area contributed by atoms with E-state index in [9.17, 15) is 0 Å². The zero-order chi connectivity index (χ0) is 32.5. The average molecular weight is 657 g/mol. The average Bonchev–Trinajstić information content (AvgIpc) is 3.81. The lowest BCUT2D eigenvalue weighted by Gasteiger charge is -2.20. The van der Waals surface area contributed by atoms with Gasteiger partial charge in [0.25, 0.3) is 0 Å². The molecule has 0 fully saturated rings. The summed E-state index contributed by atoms with van der Waals surface area (Å²) in [5.74, 6) is 0.666. The molecule has 0 aliphatic carbocycles. The molecule has 232 valence electrons. The predicted octanol–water partition coefficient (Wildman–Crippen LogP) is 11.9. The fraction of sp³-hybridized carbons (Fsp3) is 0. The van der Waals surface area contributed by atoms with Gasteiger partial charge in [0.2, 0.25) is 5.95 Å². The van der Waals surface area contributed by atoms with Crippen molar-refractivity contribution < 1.29 is 4.42 Å². The Balaban J connectivity index is 1.25. The van der Waals surface area contributed by atoms with Gasteiger partial charge < -0.3 is 8.98 Å². The first-order valence-corrected chi connectivity index (χ1v) is 17.6. The molecule has 0 saturated carbocycles. The van der Waals surface area contributed by atoms with Crippen molar-refractivity contribution in [2.75, 3.05) is 0 Å². The van der Waals surface area contributed by atoms with Crippen molar-refractivity contribution in [2.45, 2.75) is 9.79 Å². The van der Waals surface area contributed by atoms with Gasteiger partial charge in [0.1, 0.15) is 11.2 Å². The van der Waals surface area contributed by atoms with Crippen molar-refractivity contribution in [3.05, 3.63) is 146 Å². The SMILES string of the molecule is c1ccc(-n2c3cc4c(cc3c3c5oc6ccccc6c5ccc32)c2ccccc2n4-c2nc3c4c(cccc4n2)Sc2ccccc2-3)cc1. The first-order chi connectivity index (χ1) is 24.8. The number of furan rings is 1. The van der Waals surface area contributed by atoms with E-state index < -0.39 is 0 Å². The van der Waals surface area contributed by atoms with Crippen LogP contribution in [-0.2, 0) is 0 Å². The molecule has 5 nitrogen and oxygen atoms in total. The van der Waals surface area contributed by atoms with Gasteiger partial charge in [-0.05, 0) is 66.7 Å². The van der Waals surface area contributed by atoms with Crippen LogP contribution >= 0.6 is 11.8 Å². The van der Waals surface area contributed by atoms with E-state index in [1.54, 1.807) is 11.8 Å². The zero-order valence-electron chi connectivity index (χ0n) is 26.5. The van der Waals surface area contributed by atoms with Crippen LogP contribution in [0.1, 0.15) is 0 Å². The van der Waals surface area contributed by atoms with E-state index in [1.165, 1.54) is 9.79 Å². The zero-order valence-corrected chi connectivity index (χ0v) is 27.3. The molecule has 0 spiro atoms. The Hall–Kier alpha value is -6.37. The molecule has 6 heteroatoms. The molecule has 4 aromatic heterocycles. The van der Waals surface area contributed by atoms with Crippen molar-refractivity contribution in [3.63, 3.8) is 0 Å². The molecule has 5 heterocycles. The molecular weight excluding hydrogens is 633 g/mol. The first-order valence-electron chi connectivity index (χ1n) is 16.8. The summed E-state index contributed by atoms with van der Waals surface area (Å²) in [5.41, 5.74) is 10.3. The van der Waals surface area contributed by atoms with E-state index in [1.807, 2.05) is 6.07 Å². The fourth-order valence-corrected chi connectivity index (χ4v) is 9.31. The minimum atomic E-state index is 0.666. The number of aromatic nitrogens is 4. The van der Waals surface area contributed by atoms with Gasteiger partial charge >= 0.3 is 0 Å². The van der Waals surface area contributed by atoms with Gasteiger partial charge in [0.05, 0.1) is 38.7 Å². The van der Waals surface area contributed by atoms with E-state index in [4.69, 9.17) is 14.4 Å². The van der Waals surface area contributed by atoms with Crippen molar-refractivity contribution in [1.82, 2.24) is 19.1 Å². The van der Waals surface area contributed by atoms with E-state index in [2.05, 4.69) is 149 Å². The van der Waals surface area contributed by atoms with E-state index in [0.717, 1.165) is 93.4 Å². The highest BCUT2D eigenvalue weighted by atomic mass is 32.2. The highest BCUT2D eigenvalue weighted by Crippen LogP contribution is 2.48. The van der Waals surface area contributed by atoms with E-state index in [-0.39, 0.29) is 0 Å². The summed E-state index contributed by atoms with van der Waals surface area (Å²) in [6.07, 6.45) is 0. The second-order valence-electron chi connectivity index (χ2n) is 13.0. The summed E-state index contributed by atoms with van der Waals surface area (Å²) in [4.78, 5) is 13.1. The first kappa shape index (κ1) is 26.6. The summed E-state index contributed by atoms with van der Waals surface area (Å²) in [6.45, 7) is 0. The monoisotopic (exact) mass is 656 g/mol. The highest BCUT2D eigenvalue weighted by molar-refractivity contribution is 7.99. The number of nitrogens with zero attached hydrogens (tertiary/aromatic N) is 4. The number of fused-ring (bicyclic) bond motifs is 12. The highest BCUT2D eigenvalue weighted by Gasteiger charge is 2.25. The summed E-state index contributed by atoms with van der Waals surface area (Å²) in [7, 11) is 0. The minimum absolute atomic E-state index is 0.666. The Morgan fingerprint density at radius 1 is 0.480 bits per heavy atom. The van der Waals surface area contributed by atoms with Gasteiger partial charge in [-0.25, -0.2) is 9.97 Å². The molecule has 7 aromatic carbocycles. The third-order valence-corrected chi connectivity index (χ3v) is 11.5. The quantitative estimate of drug-likeness (QED) is 0.186. The number of para-hydroxylation sites is 3. The molecule has 0 bridgehead atoms. The lowest BCUT2D eigenvalue weighted by Crippen LogP contribution is -2.05. The van der Waals surface area contributed by atoms with Crippen molar-refractivity contribution in [1.29, 1.82) is 0 Å². The molecule has 0 amide bonds. The maximum absolute atomic E-state index is 6.67. The van der Waals surface area contributed by atoms with Gasteiger partial charge in [-0.2, -0.15) is 0 Å².